The monoisotopic (exact) mass is 263 g/mol. The SMILES string of the molecule is CCC[C@H](N)C(=O)Nc1cc(C(=O)NC)ccc1C. The third-order valence-electron chi connectivity index (χ3n) is 2.92. The predicted octanol–water partition coefficient (Wildman–Crippen LogP) is 1.42. The van der Waals surface area contributed by atoms with Gasteiger partial charge in [0, 0.05) is 18.3 Å². The molecule has 5 heteroatoms. The van der Waals surface area contributed by atoms with Gasteiger partial charge in [-0.05, 0) is 31.0 Å². The van der Waals surface area contributed by atoms with Gasteiger partial charge in [-0.2, -0.15) is 0 Å². The van der Waals surface area contributed by atoms with Gasteiger partial charge in [0.2, 0.25) is 5.91 Å². The zero-order chi connectivity index (χ0) is 14.4. The molecule has 1 aromatic carbocycles. The molecule has 19 heavy (non-hydrogen) atoms. The molecule has 5 nitrogen and oxygen atoms in total. The topological polar surface area (TPSA) is 84.2 Å². The number of anilines is 1. The summed E-state index contributed by atoms with van der Waals surface area (Å²) in [6.45, 7) is 3.85. The third-order valence-corrected chi connectivity index (χ3v) is 2.92. The first kappa shape index (κ1) is 15.2. The van der Waals surface area contributed by atoms with Crippen molar-refractivity contribution >= 4 is 17.5 Å². The van der Waals surface area contributed by atoms with E-state index in [1.807, 2.05) is 13.8 Å². The first-order chi connectivity index (χ1) is 8.99. The number of benzene rings is 1. The van der Waals surface area contributed by atoms with Crippen LogP contribution in [0.15, 0.2) is 18.2 Å². The second-order valence-corrected chi connectivity index (χ2v) is 4.49. The average molecular weight is 263 g/mol. The lowest BCUT2D eigenvalue weighted by Gasteiger charge is -2.14. The van der Waals surface area contributed by atoms with E-state index >= 15 is 0 Å². The largest absolute Gasteiger partial charge is 0.355 e. The van der Waals surface area contributed by atoms with Crippen molar-refractivity contribution in [2.75, 3.05) is 12.4 Å². The lowest BCUT2D eigenvalue weighted by molar-refractivity contribution is -0.117. The number of amides is 2. The Morgan fingerprint density at radius 3 is 2.63 bits per heavy atom. The van der Waals surface area contributed by atoms with Crippen molar-refractivity contribution in [2.24, 2.45) is 5.73 Å². The molecule has 0 saturated carbocycles. The Hall–Kier alpha value is -1.88. The van der Waals surface area contributed by atoms with Crippen molar-refractivity contribution in [3.8, 4) is 0 Å². The van der Waals surface area contributed by atoms with Gasteiger partial charge >= 0.3 is 0 Å². The summed E-state index contributed by atoms with van der Waals surface area (Å²) in [5.74, 6) is -0.410. The van der Waals surface area contributed by atoms with E-state index in [4.69, 9.17) is 5.73 Å². The minimum absolute atomic E-state index is 0.187. The molecule has 1 rings (SSSR count). The summed E-state index contributed by atoms with van der Waals surface area (Å²) in [4.78, 5) is 23.4. The van der Waals surface area contributed by atoms with Gasteiger partial charge in [0.25, 0.3) is 5.91 Å². The first-order valence-corrected chi connectivity index (χ1v) is 6.38. The summed E-state index contributed by atoms with van der Waals surface area (Å²) in [6, 6.07) is 4.65. The molecular weight excluding hydrogens is 242 g/mol. The van der Waals surface area contributed by atoms with Crippen molar-refractivity contribution < 1.29 is 9.59 Å². The van der Waals surface area contributed by atoms with Gasteiger partial charge < -0.3 is 16.4 Å². The smallest absolute Gasteiger partial charge is 0.251 e. The maximum absolute atomic E-state index is 11.9. The Morgan fingerprint density at radius 2 is 2.05 bits per heavy atom. The molecule has 0 saturated heterocycles. The molecule has 0 bridgehead atoms. The quantitative estimate of drug-likeness (QED) is 0.751. The van der Waals surface area contributed by atoms with Gasteiger partial charge in [-0.25, -0.2) is 0 Å². The Balaban J connectivity index is 2.88. The van der Waals surface area contributed by atoms with Crippen LogP contribution in [0.5, 0.6) is 0 Å². The highest BCUT2D eigenvalue weighted by Crippen LogP contribution is 2.17. The van der Waals surface area contributed by atoms with E-state index in [0.29, 0.717) is 17.7 Å². The van der Waals surface area contributed by atoms with E-state index in [1.54, 1.807) is 25.2 Å². The number of carbonyl (C=O) groups is 2. The molecule has 0 aromatic heterocycles. The summed E-state index contributed by atoms with van der Waals surface area (Å²) in [6.07, 6.45) is 1.49. The van der Waals surface area contributed by atoms with Crippen LogP contribution in [-0.4, -0.2) is 24.9 Å². The molecule has 0 fully saturated rings. The molecule has 0 heterocycles. The number of nitrogens with two attached hydrogens (primary N) is 1. The average Bonchev–Trinajstić information content (AvgIpc) is 2.40. The summed E-state index contributed by atoms with van der Waals surface area (Å²) < 4.78 is 0. The number of hydrogen-bond donors (Lipinski definition) is 3. The van der Waals surface area contributed by atoms with Crippen LogP contribution in [0.3, 0.4) is 0 Å². The van der Waals surface area contributed by atoms with Gasteiger partial charge in [0.05, 0.1) is 6.04 Å². The number of carbonyl (C=O) groups excluding carboxylic acids is 2. The highest BCUT2D eigenvalue weighted by Gasteiger charge is 2.14. The van der Waals surface area contributed by atoms with Gasteiger partial charge in [0.15, 0.2) is 0 Å². The van der Waals surface area contributed by atoms with E-state index in [0.717, 1.165) is 12.0 Å². The van der Waals surface area contributed by atoms with Gasteiger partial charge in [-0.15, -0.1) is 0 Å². The lowest BCUT2D eigenvalue weighted by atomic mass is 10.1. The zero-order valence-electron chi connectivity index (χ0n) is 11.6. The number of nitrogens with one attached hydrogen (secondary N) is 2. The molecule has 0 radical (unpaired) electrons. The molecule has 4 N–H and O–H groups in total. The number of aryl methyl sites for hydroxylation is 1. The fourth-order valence-corrected chi connectivity index (χ4v) is 1.71. The van der Waals surface area contributed by atoms with E-state index in [1.165, 1.54) is 0 Å². The van der Waals surface area contributed by atoms with E-state index in [2.05, 4.69) is 10.6 Å². The lowest BCUT2D eigenvalue weighted by Crippen LogP contribution is -2.35. The Labute approximate surface area is 113 Å². The Bertz CT molecular complexity index is 472. The van der Waals surface area contributed by atoms with Crippen molar-refractivity contribution in [1.82, 2.24) is 5.32 Å². The second kappa shape index (κ2) is 6.89. The molecule has 1 aromatic rings. The van der Waals surface area contributed by atoms with Gasteiger partial charge in [-0.1, -0.05) is 19.4 Å². The Morgan fingerprint density at radius 1 is 1.37 bits per heavy atom. The fourth-order valence-electron chi connectivity index (χ4n) is 1.71. The summed E-state index contributed by atoms with van der Waals surface area (Å²) in [5.41, 5.74) is 7.78. The second-order valence-electron chi connectivity index (χ2n) is 4.49. The van der Waals surface area contributed by atoms with Gasteiger partial charge in [-0.3, -0.25) is 9.59 Å². The van der Waals surface area contributed by atoms with E-state index < -0.39 is 6.04 Å². The molecule has 104 valence electrons. The maximum atomic E-state index is 11.9. The van der Waals surface area contributed by atoms with Crippen molar-refractivity contribution in [1.29, 1.82) is 0 Å². The minimum atomic E-state index is -0.520. The minimum Gasteiger partial charge on any atom is -0.355 e. The predicted molar refractivity (Wildman–Crippen MR) is 76.1 cm³/mol. The summed E-state index contributed by atoms with van der Waals surface area (Å²) in [5, 5.41) is 5.32. The molecule has 1 atom stereocenters. The molecular formula is C14H21N3O2. The van der Waals surface area contributed by atoms with Crippen LogP contribution in [-0.2, 0) is 4.79 Å². The molecule has 0 spiro atoms. The van der Waals surface area contributed by atoms with Gasteiger partial charge in [0.1, 0.15) is 0 Å². The van der Waals surface area contributed by atoms with E-state index in [-0.39, 0.29) is 11.8 Å². The van der Waals surface area contributed by atoms with Crippen LogP contribution in [0.25, 0.3) is 0 Å². The highest BCUT2D eigenvalue weighted by molar-refractivity contribution is 5.99. The highest BCUT2D eigenvalue weighted by atomic mass is 16.2. The van der Waals surface area contributed by atoms with Crippen LogP contribution in [0.4, 0.5) is 5.69 Å². The number of rotatable bonds is 5. The molecule has 0 unspecified atom stereocenters. The van der Waals surface area contributed by atoms with Crippen molar-refractivity contribution in [2.45, 2.75) is 32.7 Å². The summed E-state index contributed by atoms with van der Waals surface area (Å²) >= 11 is 0. The molecule has 2 amide bonds. The molecule has 0 aliphatic rings. The maximum Gasteiger partial charge on any atom is 0.251 e. The van der Waals surface area contributed by atoms with Crippen LogP contribution >= 0.6 is 0 Å². The van der Waals surface area contributed by atoms with Crippen LogP contribution in [0, 0.1) is 6.92 Å². The third kappa shape index (κ3) is 4.06. The first-order valence-electron chi connectivity index (χ1n) is 6.38. The summed E-state index contributed by atoms with van der Waals surface area (Å²) in [7, 11) is 1.57. The molecule has 0 aliphatic heterocycles. The van der Waals surface area contributed by atoms with Crippen LogP contribution < -0.4 is 16.4 Å². The fraction of sp³-hybridized carbons (Fsp3) is 0.429. The van der Waals surface area contributed by atoms with Crippen LogP contribution in [0.1, 0.15) is 35.7 Å². The van der Waals surface area contributed by atoms with Crippen LogP contribution in [0.2, 0.25) is 0 Å². The van der Waals surface area contributed by atoms with Crippen molar-refractivity contribution in [3.05, 3.63) is 29.3 Å². The normalized spacial score (nSPS) is 11.8. The van der Waals surface area contributed by atoms with Crippen molar-refractivity contribution in [3.63, 3.8) is 0 Å². The van der Waals surface area contributed by atoms with E-state index in [9.17, 15) is 9.59 Å². The Kier molecular flexibility index (Phi) is 5.51. The zero-order valence-corrected chi connectivity index (χ0v) is 11.6. The standard InChI is InChI=1S/C14H21N3O2/c1-4-5-11(15)14(19)17-12-8-10(13(18)16-3)7-6-9(12)2/h6-8,11H,4-5,15H2,1-3H3,(H,16,18)(H,17,19)/t11-/m0/s1. The molecule has 0 aliphatic carbocycles. The number of hydrogen-bond acceptors (Lipinski definition) is 3.